The molecule has 0 heterocycles. The van der Waals surface area contributed by atoms with Crippen LogP contribution in [-0.4, -0.2) is 32.6 Å². The average Bonchev–Trinajstić information content (AvgIpc) is 2.59. The molecular formula is C20H25N3O6S. The maximum Gasteiger partial charge on any atom is 0.273 e. The molecule has 30 heavy (non-hydrogen) atoms. The van der Waals surface area contributed by atoms with E-state index in [1.165, 1.54) is 25.3 Å². The maximum absolute atomic E-state index is 12.8. The number of rotatable bonds is 6. The van der Waals surface area contributed by atoms with E-state index in [1.807, 2.05) is 20.8 Å². The van der Waals surface area contributed by atoms with Crippen molar-refractivity contribution in [2.45, 2.75) is 33.1 Å². The molecule has 2 aromatic carbocycles. The van der Waals surface area contributed by atoms with Gasteiger partial charge in [-0.3, -0.25) is 19.6 Å². The van der Waals surface area contributed by atoms with Crippen LogP contribution in [-0.2, 0) is 15.4 Å². The zero-order valence-corrected chi connectivity index (χ0v) is 18.5. The minimum Gasteiger partial charge on any atom is -0.492 e. The smallest absolute Gasteiger partial charge is 0.273 e. The minimum absolute atomic E-state index is 0.0909. The molecule has 0 aliphatic carbocycles. The normalized spacial score (nSPS) is 11.7. The first-order valence-corrected chi connectivity index (χ1v) is 10.9. The van der Waals surface area contributed by atoms with Crippen LogP contribution in [0.2, 0.25) is 0 Å². The third-order valence-corrected chi connectivity index (χ3v) is 4.96. The van der Waals surface area contributed by atoms with Crippen molar-refractivity contribution in [3.63, 3.8) is 0 Å². The van der Waals surface area contributed by atoms with E-state index in [0.29, 0.717) is 5.56 Å². The Balaban J connectivity index is 2.57. The third kappa shape index (κ3) is 5.47. The first-order chi connectivity index (χ1) is 13.7. The number of hydrogen-bond donors (Lipinski definition) is 2. The van der Waals surface area contributed by atoms with Crippen LogP contribution in [0.1, 0.15) is 42.3 Å². The summed E-state index contributed by atoms with van der Waals surface area (Å²) in [5.74, 6) is -0.462. The summed E-state index contributed by atoms with van der Waals surface area (Å²) >= 11 is 0. The molecule has 0 aromatic heterocycles. The first-order valence-electron chi connectivity index (χ1n) is 8.99. The van der Waals surface area contributed by atoms with E-state index < -0.39 is 20.9 Å². The van der Waals surface area contributed by atoms with Gasteiger partial charge in [-0.25, -0.2) is 8.42 Å². The van der Waals surface area contributed by atoms with Gasteiger partial charge in [-0.2, -0.15) is 0 Å². The van der Waals surface area contributed by atoms with E-state index in [1.54, 1.807) is 19.1 Å². The van der Waals surface area contributed by atoms with Gasteiger partial charge in [0.2, 0.25) is 10.0 Å². The fraction of sp³-hybridized carbons (Fsp3) is 0.350. The number of carbonyl (C=O) groups excluding carboxylic acids is 1. The van der Waals surface area contributed by atoms with E-state index in [2.05, 4.69) is 10.0 Å². The molecule has 0 aliphatic heterocycles. The van der Waals surface area contributed by atoms with Crippen molar-refractivity contribution in [3.8, 4) is 5.75 Å². The summed E-state index contributed by atoms with van der Waals surface area (Å²) < 4.78 is 31.4. The lowest BCUT2D eigenvalue weighted by atomic mass is 9.86. The van der Waals surface area contributed by atoms with E-state index in [9.17, 15) is 23.3 Å². The zero-order valence-electron chi connectivity index (χ0n) is 17.7. The summed E-state index contributed by atoms with van der Waals surface area (Å²) in [4.78, 5) is 23.4. The van der Waals surface area contributed by atoms with Gasteiger partial charge in [0.15, 0.2) is 5.75 Å². The van der Waals surface area contributed by atoms with Gasteiger partial charge in [0.05, 0.1) is 29.7 Å². The van der Waals surface area contributed by atoms with Gasteiger partial charge in [-0.1, -0.05) is 26.8 Å². The number of amides is 1. The Morgan fingerprint density at radius 3 is 2.23 bits per heavy atom. The van der Waals surface area contributed by atoms with Crippen molar-refractivity contribution in [3.05, 3.63) is 57.1 Å². The molecule has 0 spiro atoms. The second-order valence-electron chi connectivity index (χ2n) is 7.94. The van der Waals surface area contributed by atoms with Crippen molar-refractivity contribution in [2.75, 3.05) is 23.4 Å². The number of nitrogens with one attached hydrogen (secondary N) is 2. The number of sulfonamides is 1. The van der Waals surface area contributed by atoms with Gasteiger partial charge in [0.1, 0.15) is 0 Å². The summed E-state index contributed by atoms with van der Waals surface area (Å²) in [6.45, 7) is 7.40. The number of carbonyl (C=O) groups is 1. The molecule has 0 radical (unpaired) electrons. The highest BCUT2D eigenvalue weighted by molar-refractivity contribution is 7.92. The Bertz CT molecular complexity index is 1100. The van der Waals surface area contributed by atoms with Crippen LogP contribution in [0.3, 0.4) is 0 Å². The summed E-state index contributed by atoms with van der Waals surface area (Å²) in [7, 11) is -2.25. The molecule has 0 fully saturated rings. The number of methoxy groups -OCH3 is 1. The van der Waals surface area contributed by atoms with E-state index in [0.717, 1.165) is 11.8 Å². The summed E-state index contributed by atoms with van der Waals surface area (Å²) in [5.41, 5.74) is 1.16. The van der Waals surface area contributed by atoms with Crippen molar-refractivity contribution in [1.82, 2.24) is 0 Å². The number of nitro groups is 1. The number of nitro benzene ring substituents is 1. The van der Waals surface area contributed by atoms with Crippen LogP contribution < -0.4 is 14.8 Å². The summed E-state index contributed by atoms with van der Waals surface area (Å²) in [6, 6.07) is 7.50. The third-order valence-electron chi connectivity index (χ3n) is 4.37. The quantitative estimate of drug-likeness (QED) is 0.524. The Morgan fingerprint density at radius 1 is 1.13 bits per heavy atom. The Morgan fingerprint density at radius 2 is 1.73 bits per heavy atom. The van der Waals surface area contributed by atoms with Crippen LogP contribution in [0.4, 0.5) is 17.1 Å². The van der Waals surface area contributed by atoms with Gasteiger partial charge in [0.25, 0.3) is 11.6 Å². The number of benzene rings is 2. The molecule has 2 aromatic rings. The molecule has 1 amide bonds. The topological polar surface area (TPSA) is 128 Å². The number of anilines is 2. The molecule has 2 N–H and O–H groups in total. The fourth-order valence-corrected chi connectivity index (χ4v) is 3.34. The van der Waals surface area contributed by atoms with Gasteiger partial charge in [-0.15, -0.1) is 0 Å². The van der Waals surface area contributed by atoms with Crippen molar-refractivity contribution in [2.24, 2.45) is 0 Å². The lowest BCUT2D eigenvalue weighted by Gasteiger charge is -2.24. The molecule has 0 saturated carbocycles. The SMILES string of the molecule is COc1c(NC(=O)c2ccc(C)c([N+](=O)[O-])c2)cc(C(C)(C)C)cc1NS(C)(=O)=O. The molecule has 10 heteroatoms. The van der Waals surface area contributed by atoms with Gasteiger partial charge < -0.3 is 10.1 Å². The zero-order chi connectivity index (χ0) is 22.9. The van der Waals surface area contributed by atoms with E-state index >= 15 is 0 Å². The summed E-state index contributed by atoms with van der Waals surface area (Å²) in [5, 5.41) is 13.9. The lowest BCUT2D eigenvalue weighted by molar-refractivity contribution is -0.385. The Kier molecular flexibility index (Phi) is 6.41. The molecule has 0 saturated heterocycles. The second-order valence-corrected chi connectivity index (χ2v) is 9.69. The van der Waals surface area contributed by atoms with Gasteiger partial charge in [0, 0.05) is 17.2 Å². The molecule has 9 nitrogen and oxygen atoms in total. The standard InChI is InChI=1S/C20H25N3O6S/c1-12-7-8-13(9-17(12)23(25)26)19(24)21-15-10-14(20(2,3)4)11-16(18(15)29-5)22-30(6,27)28/h7-11,22H,1-6H3,(H,21,24). The molecule has 0 bridgehead atoms. The first kappa shape index (κ1) is 23.1. The maximum atomic E-state index is 12.8. The van der Waals surface area contributed by atoms with E-state index in [4.69, 9.17) is 4.74 Å². The summed E-state index contributed by atoms with van der Waals surface area (Å²) in [6.07, 6.45) is 1.01. The minimum atomic E-state index is -3.61. The Labute approximate surface area is 175 Å². The molecule has 162 valence electrons. The van der Waals surface area contributed by atoms with Crippen LogP contribution in [0.25, 0.3) is 0 Å². The predicted molar refractivity (Wildman–Crippen MR) is 116 cm³/mol. The number of aryl methyl sites for hydroxylation is 1. The van der Waals surface area contributed by atoms with Crippen molar-refractivity contribution in [1.29, 1.82) is 0 Å². The van der Waals surface area contributed by atoms with Crippen LogP contribution in [0, 0.1) is 17.0 Å². The fourth-order valence-electron chi connectivity index (χ4n) is 2.79. The predicted octanol–water partition coefficient (Wildman–Crippen LogP) is 3.83. The average molecular weight is 436 g/mol. The van der Waals surface area contributed by atoms with Crippen LogP contribution >= 0.6 is 0 Å². The molecule has 0 aliphatic rings. The van der Waals surface area contributed by atoms with Crippen LogP contribution in [0.15, 0.2) is 30.3 Å². The van der Waals surface area contributed by atoms with Crippen molar-refractivity contribution < 1.29 is 22.9 Å². The molecule has 0 atom stereocenters. The molecule has 0 unspecified atom stereocenters. The highest BCUT2D eigenvalue weighted by atomic mass is 32.2. The number of hydrogen-bond acceptors (Lipinski definition) is 6. The van der Waals surface area contributed by atoms with Gasteiger partial charge >= 0.3 is 0 Å². The lowest BCUT2D eigenvalue weighted by Crippen LogP contribution is -2.18. The van der Waals surface area contributed by atoms with Crippen LogP contribution in [0.5, 0.6) is 5.75 Å². The monoisotopic (exact) mass is 435 g/mol. The number of nitrogens with zero attached hydrogens (tertiary/aromatic N) is 1. The highest BCUT2D eigenvalue weighted by Gasteiger charge is 2.23. The Hall–Kier alpha value is -3.14. The number of ether oxygens (including phenoxy) is 1. The second kappa shape index (κ2) is 8.31. The molecular weight excluding hydrogens is 410 g/mol. The highest BCUT2D eigenvalue weighted by Crippen LogP contribution is 2.39. The van der Waals surface area contributed by atoms with Crippen molar-refractivity contribution >= 4 is 33.0 Å². The molecule has 2 rings (SSSR count). The van der Waals surface area contributed by atoms with Gasteiger partial charge in [-0.05, 0) is 36.1 Å². The van der Waals surface area contributed by atoms with E-state index in [-0.39, 0.29) is 33.8 Å². The largest absolute Gasteiger partial charge is 0.492 e.